The lowest BCUT2D eigenvalue weighted by molar-refractivity contribution is 0.661. The van der Waals surface area contributed by atoms with Crippen LogP contribution in [0.4, 0.5) is 0 Å². The van der Waals surface area contributed by atoms with Crippen LogP contribution in [0.2, 0.25) is 0 Å². The number of hydrogen-bond donors (Lipinski definition) is 0. The zero-order chi connectivity index (χ0) is 38.5. The highest BCUT2D eigenvalue weighted by molar-refractivity contribution is 6.23. The predicted octanol–water partition coefficient (Wildman–Crippen LogP) is 14.3. The van der Waals surface area contributed by atoms with Crippen LogP contribution in [0.15, 0.2) is 188 Å². The second kappa shape index (κ2) is 12.3. The smallest absolute Gasteiger partial charge is 0.0971 e. The van der Waals surface area contributed by atoms with Crippen LogP contribution in [0.1, 0.15) is 25.0 Å². The van der Waals surface area contributed by atoms with Gasteiger partial charge in [-0.25, -0.2) is 0 Å². The molecule has 0 saturated carbocycles. The minimum Gasteiger partial charge on any atom is -0.309 e. The molecule has 3 nitrogen and oxygen atoms in total. The van der Waals surface area contributed by atoms with Crippen molar-refractivity contribution in [3.8, 4) is 50.2 Å². The molecule has 58 heavy (non-hydrogen) atoms. The first-order valence-electron chi connectivity index (χ1n) is 20.1. The molecule has 0 amide bonds. The Morgan fingerprint density at radius 2 is 0.862 bits per heavy atom. The highest BCUT2D eigenvalue weighted by atomic mass is 15.0. The molecule has 0 bridgehead atoms. The van der Waals surface area contributed by atoms with Crippen molar-refractivity contribution in [1.29, 1.82) is 0 Å². The van der Waals surface area contributed by atoms with Crippen molar-refractivity contribution in [1.82, 2.24) is 14.5 Å². The first-order chi connectivity index (χ1) is 28.5. The standard InChI is InChI=1S/C55H37N3/c1-55(2)49-32-38(35-12-10-11-34(29-35)36-19-23-42-41-15-6-7-17-46(41)53-54(48(42)31-36)57-28-27-56-53)20-24-43(49)44-25-21-39(33-50(44)55)37-22-26-52-47(30-37)45-16-8-9-18-51(45)58(52)40-13-4-3-5-14-40/h3-33H,1-2H3. The molecule has 3 heteroatoms. The Morgan fingerprint density at radius 1 is 0.362 bits per heavy atom. The Morgan fingerprint density at radius 3 is 1.57 bits per heavy atom. The van der Waals surface area contributed by atoms with E-state index in [1.54, 1.807) is 12.4 Å². The van der Waals surface area contributed by atoms with Gasteiger partial charge in [0.1, 0.15) is 0 Å². The molecule has 0 spiro atoms. The maximum Gasteiger partial charge on any atom is 0.0971 e. The van der Waals surface area contributed by atoms with E-state index >= 15 is 0 Å². The summed E-state index contributed by atoms with van der Waals surface area (Å²) in [5.41, 5.74) is 18.0. The third kappa shape index (κ3) is 4.80. The van der Waals surface area contributed by atoms with Crippen molar-refractivity contribution >= 4 is 54.4 Å². The van der Waals surface area contributed by atoms with E-state index in [0.29, 0.717) is 0 Å². The quantitative estimate of drug-likeness (QED) is 0.168. The molecule has 0 atom stereocenters. The molecule has 9 aromatic carbocycles. The van der Waals surface area contributed by atoms with E-state index in [1.807, 2.05) is 0 Å². The largest absolute Gasteiger partial charge is 0.309 e. The molecule has 2 heterocycles. The molecule has 12 rings (SSSR count). The van der Waals surface area contributed by atoms with E-state index < -0.39 is 0 Å². The van der Waals surface area contributed by atoms with Crippen LogP contribution >= 0.6 is 0 Å². The van der Waals surface area contributed by atoms with Crippen molar-refractivity contribution in [2.45, 2.75) is 19.3 Å². The molecule has 1 aliphatic carbocycles. The second-order valence-corrected chi connectivity index (χ2v) is 16.2. The van der Waals surface area contributed by atoms with Crippen molar-refractivity contribution in [2.75, 3.05) is 0 Å². The van der Waals surface area contributed by atoms with Gasteiger partial charge in [0.2, 0.25) is 0 Å². The highest BCUT2D eigenvalue weighted by Gasteiger charge is 2.36. The summed E-state index contributed by atoms with van der Waals surface area (Å²) in [6.45, 7) is 4.76. The number of para-hydroxylation sites is 2. The molecular weight excluding hydrogens is 703 g/mol. The van der Waals surface area contributed by atoms with Gasteiger partial charge in [-0.05, 0) is 121 Å². The monoisotopic (exact) mass is 739 g/mol. The van der Waals surface area contributed by atoms with Crippen molar-refractivity contribution in [2.24, 2.45) is 0 Å². The molecule has 0 fully saturated rings. The molecule has 1 aliphatic rings. The van der Waals surface area contributed by atoms with E-state index in [1.165, 1.54) is 93.9 Å². The summed E-state index contributed by atoms with van der Waals surface area (Å²) < 4.78 is 2.38. The zero-order valence-electron chi connectivity index (χ0n) is 32.2. The van der Waals surface area contributed by atoms with E-state index in [9.17, 15) is 0 Å². The number of rotatable bonds is 4. The Bertz CT molecular complexity index is 3450. The fourth-order valence-corrected chi connectivity index (χ4v) is 9.79. The van der Waals surface area contributed by atoms with Gasteiger partial charge in [0.05, 0.1) is 22.1 Å². The second-order valence-electron chi connectivity index (χ2n) is 16.2. The SMILES string of the molecule is CC1(C)c2cc(-c3cccc(-c4ccc5c6ccccc6c6nccnc6c5c4)c3)ccc2-c2ccc(-c3ccc4c(c3)c3ccccc3n4-c3ccccc3)cc21. The average molecular weight is 740 g/mol. The number of nitrogens with zero attached hydrogens (tertiary/aromatic N) is 3. The summed E-state index contributed by atoms with van der Waals surface area (Å²) >= 11 is 0. The molecule has 0 aliphatic heterocycles. The Kier molecular flexibility index (Phi) is 6.98. The van der Waals surface area contributed by atoms with Gasteiger partial charge in [0.15, 0.2) is 0 Å². The van der Waals surface area contributed by atoms with Crippen LogP contribution in [-0.2, 0) is 5.41 Å². The summed E-state index contributed by atoms with van der Waals surface area (Å²) in [5.74, 6) is 0. The Hall–Kier alpha value is -7.36. The first kappa shape index (κ1) is 32.8. The van der Waals surface area contributed by atoms with Crippen LogP contribution in [0.3, 0.4) is 0 Å². The lowest BCUT2D eigenvalue weighted by Crippen LogP contribution is -2.15. The van der Waals surface area contributed by atoms with E-state index in [2.05, 4.69) is 194 Å². The predicted molar refractivity (Wildman–Crippen MR) is 243 cm³/mol. The van der Waals surface area contributed by atoms with Gasteiger partial charge in [-0.1, -0.05) is 135 Å². The average Bonchev–Trinajstić information content (AvgIpc) is 3.74. The van der Waals surface area contributed by atoms with Crippen LogP contribution < -0.4 is 0 Å². The third-order valence-electron chi connectivity index (χ3n) is 12.7. The summed E-state index contributed by atoms with van der Waals surface area (Å²) in [4.78, 5) is 9.58. The minimum absolute atomic E-state index is 0.162. The van der Waals surface area contributed by atoms with Crippen molar-refractivity contribution in [3.05, 3.63) is 199 Å². The van der Waals surface area contributed by atoms with Crippen LogP contribution in [0, 0.1) is 0 Å². The van der Waals surface area contributed by atoms with E-state index in [4.69, 9.17) is 9.97 Å². The lowest BCUT2D eigenvalue weighted by Gasteiger charge is -2.23. The number of hydrogen-bond acceptors (Lipinski definition) is 2. The third-order valence-corrected chi connectivity index (χ3v) is 12.7. The van der Waals surface area contributed by atoms with Crippen molar-refractivity contribution in [3.63, 3.8) is 0 Å². The lowest BCUT2D eigenvalue weighted by atomic mass is 9.80. The molecule has 0 unspecified atom stereocenters. The van der Waals surface area contributed by atoms with Crippen LogP contribution in [0.25, 0.3) is 105 Å². The van der Waals surface area contributed by atoms with E-state index in [-0.39, 0.29) is 5.41 Å². The molecular formula is C55H37N3. The highest BCUT2D eigenvalue weighted by Crippen LogP contribution is 2.51. The maximum absolute atomic E-state index is 4.82. The van der Waals surface area contributed by atoms with Gasteiger partial charge < -0.3 is 4.57 Å². The zero-order valence-corrected chi connectivity index (χ0v) is 32.2. The van der Waals surface area contributed by atoms with E-state index in [0.717, 1.165) is 21.8 Å². The molecule has 0 N–H and O–H groups in total. The summed E-state index contributed by atoms with van der Waals surface area (Å²) in [6.07, 6.45) is 3.58. The summed E-state index contributed by atoms with van der Waals surface area (Å²) in [5, 5.41) is 7.20. The molecule has 11 aromatic rings. The van der Waals surface area contributed by atoms with Crippen LogP contribution in [-0.4, -0.2) is 14.5 Å². The summed E-state index contributed by atoms with van der Waals surface area (Å²) in [6, 6.07) is 64.8. The topological polar surface area (TPSA) is 30.7 Å². The maximum atomic E-state index is 4.82. The molecule has 0 saturated heterocycles. The van der Waals surface area contributed by atoms with Gasteiger partial charge in [-0.2, -0.15) is 0 Å². The molecule has 272 valence electrons. The van der Waals surface area contributed by atoms with Gasteiger partial charge >= 0.3 is 0 Å². The number of aromatic nitrogens is 3. The van der Waals surface area contributed by atoms with Gasteiger partial charge in [0, 0.05) is 45.0 Å². The molecule has 0 radical (unpaired) electrons. The Balaban J connectivity index is 0.912. The number of benzene rings is 9. The normalized spacial score (nSPS) is 13.1. The number of fused-ring (bicyclic) bond motifs is 12. The minimum atomic E-state index is -0.162. The molecule has 2 aromatic heterocycles. The van der Waals surface area contributed by atoms with Gasteiger partial charge in [-0.15, -0.1) is 0 Å². The fourth-order valence-electron chi connectivity index (χ4n) is 9.79. The van der Waals surface area contributed by atoms with Gasteiger partial charge in [0.25, 0.3) is 0 Å². The Labute approximate surface area is 336 Å². The van der Waals surface area contributed by atoms with Crippen LogP contribution in [0.5, 0.6) is 0 Å². The summed E-state index contributed by atoms with van der Waals surface area (Å²) in [7, 11) is 0. The first-order valence-corrected chi connectivity index (χ1v) is 20.1. The van der Waals surface area contributed by atoms with Crippen molar-refractivity contribution < 1.29 is 0 Å². The fraction of sp³-hybridized carbons (Fsp3) is 0.0545. The van der Waals surface area contributed by atoms with Gasteiger partial charge in [-0.3, -0.25) is 9.97 Å².